The summed E-state index contributed by atoms with van der Waals surface area (Å²) >= 11 is 0. The number of nitrogens with one attached hydrogen (secondary N) is 2. The predicted molar refractivity (Wildman–Crippen MR) is 84.2 cm³/mol. The number of hydrogen-bond acceptors (Lipinski definition) is 3. The molecule has 2 unspecified atom stereocenters. The third kappa shape index (κ3) is 4.30. The van der Waals surface area contributed by atoms with Crippen LogP contribution in [0.5, 0.6) is 0 Å². The molecule has 2 rings (SSSR count). The maximum Gasteiger partial charge on any atom is 0.220 e. The molecule has 2 atom stereocenters. The van der Waals surface area contributed by atoms with Gasteiger partial charge in [0.05, 0.1) is 5.69 Å². The largest absolute Gasteiger partial charge is 0.353 e. The zero-order chi connectivity index (χ0) is 15.4. The van der Waals surface area contributed by atoms with Gasteiger partial charge in [-0.3, -0.25) is 9.48 Å². The SMILES string of the molecule is Cc1nn(C)c(C)c1CC(C)NC(=O)CCC1CCNC1. The van der Waals surface area contributed by atoms with Crippen LogP contribution in [0.3, 0.4) is 0 Å². The summed E-state index contributed by atoms with van der Waals surface area (Å²) in [4.78, 5) is 12.0. The first kappa shape index (κ1) is 16.0. The Morgan fingerprint density at radius 2 is 2.29 bits per heavy atom. The molecule has 118 valence electrons. The summed E-state index contributed by atoms with van der Waals surface area (Å²) < 4.78 is 1.91. The molecular weight excluding hydrogens is 264 g/mol. The van der Waals surface area contributed by atoms with E-state index in [2.05, 4.69) is 29.6 Å². The topological polar surface area (TPSA) is 59.0 Å². The van der Waals surface area contributed by atoms with Crippen LogP contribution in [0.1, 0.15) is 43.1 Å². The first-order valence-corrected chi connectivity index (χ1v) is 7.96. The van der Waals surface area contributed by atoms with E-state index >= 15 is 0 Å². The highest BCUT2D eigenvalue weighted by Gasteiger charge is 2.17. The van der Waals surface area contributed by atoms with Gasteiger partial charge in [-0.25, -0.2) is 0 Å². The number of hydrogen-bond donors (Lipinski definition) is 2. The van der Waals surface area contributed by atoms with Gasteiger partial charge in [-0.1, -0.05) is 0 Å². The molecule has 1 aromatic heterocycles. The fourth-order valence-electron chi connectivity index (χ4n) is 3.11. The van der Waals surface area contributed by atoms with Crippen molar-refractivity contribution in [2.45, 2.75) is 52.5 Å². The first-order valence-electron chi connectivity index (χ1n) is 7.96. The highest BCUT2D eigenvalue weighted by molar-refractivity contribution is 5.76. The van der Waals surface area contributed by atoms with Crippen molar-refractivity contribution in [3.63, 3.8) is 0 Å². The van der Waals surface area contributed by atoms with Crippen molar-refractivity contribution in [3.05, 3.63) is 17.0 Å². The van der Waals surface area contributed by atoms with Crippen LogP contribution >= 0.6 is 0 Å². The summed E-state index contributed by atoms with van der Waals surface area (Å²) in [5.74, 6) is 0.850. The number of aryl methyl sites for hydroxylation is 2. The van der Waals surface area contributed by atoms with Crippen LogP contribution in [0.15, 0.2) is 0 Å². The van der Waals surface area contributed by atoms with Crippen molar-refractivity contribution < 1.29 is 4.79 Å². The number of amides is 1. The molecule has 0 aliphatic carbocycles. The maximum absolute atomic E-state index is 12.0. The van der Waals surface area contributed by atoms with Gasteiger partial charge < -0.3 is 10.6 Å². The van der Waals surface area contributed by atoms with Gasteiger partial charge in [0.2, 0.25) is 5.91 Å². The minimum absolute atomic E-state index is 0.154. The van der Waals surface area contributed by atoms with Crippen molar-refractivity contribution in [3.8, 4) is 0 Å². The second kappa shape index (κ2) is 7.07. The van der Waals surface area contributed by atoms with E-state index in [1.54, 1.807) is 0 Å². The van der Waals surface area contributed by atoms with Gasteiger partial charge in [-0.05, 0) is 64.6 Å². The normalized spacial score (nSPS) is 19.7. The van der Waals surface area contributed by atoms with Crippen molar-refractivity contribution in [2.24, 2.45) is 13.0 Å². The Kier molecular flexibility index (Phi) is 5.39. The van der Waals surface area contributed by atoms with E-state index in [0.717, 1.165) is 31.6 Å². The molecule has 1 fully saturated rings. The second-order valence-corrected chi connectivity index (χ2v) is 6.34. The van der Waals surface area contributed by atoms with Crippen LogP contribution in [0.4, 0.5) is 0 Å². The van der Waals surface area contributed by atoms with E-state index in [-0.39, 0.29) is 11.9 Å². The average Bonchev–Trinajstić information content (AvgIpc) is 3.01. The number of aromatic nitrogens is 2. The van der Waals surface area contributed by atoms with Crippen molar-refractivity contribution in [1.29, 1.82) is 0 Å². The lowest BCUT2D eigenvalue weighted by atomic mass is 10.0. The standard InChI is InChI=1S/C16H28N4O/c1-11(9-15-12(2)19-20(4)13(15)3)18-16(21)6-5-14-7-8-17-10-14/h11,14,17H,5-10H2,1-4H3,(H,18,21). The van der Waals surface area contributed by atoms with E-state index in [1.807, 2.05) is 18.7 Å². The first-order chi connectivity index (χ1) is 9.97. The Hall–Kier alpha value is -1.36. The molecule has 2 heterocycles. The summed E-state index contributed by atoms with van der Waals surface area (Å²) in [6.07, 6.45) is 3.69. The second-order valence-electron chi connectivity index (χ2n) is 6.34. The van der Waals surface area contributed by atoms with Gasteiger partial charge in [0, 0.05) is 25.2 Å². The van der Waals surface area contributed by atoms with Gasteiger partial charge in [-0.15, -0.1) is 0 Å². The quantitative estimate of drug-likeness (QED) is 0.835. The van der Waals surface area contributed by atoms with Crippen LogP contribution in [-0.4, -0.2) is 34.8 Å². The van der Waals surface area contributed by atoms with E-state index in [9.17, 15) is 4.79 Å². The molecule has 21 heavy (non-hydrogen) atoms. The number of nitrogens with zero attached hydrogens (tertiary/aromatic N) is 2. The lowest BCUT2D eigenvalue weighted by Crippen LogP contribution is -2.34. The molecule has 0 bridgehead atoms. The molecule has 1 aliphatic rings. The highest BCUT2D eigenvalue weighted by atomic mass is 16.1. The molecule has 1 aliphatic heterocycles. The molecule has 0 aromatic carbocycles. The Balaban J connectivity index is 1.77. The van der Waals surface area contributed by atoms with Crippen LogP contribution in [0.2, 0.25) is 0 Å². The number of carbonyl (C=O) groups is 1. The third-order valence-electron chi connectivity index (χ3n) is 4.52. The van der Waals surface area contributed by atoms with Gasteiger partial charge >= 0.3 is 0 Å². The molecular formula is C16H28N4O. The molecule has 0 saturated carbocycles. The molecule has 0 radical (unpaired) electrons. The lowest BCUT2D eigenvalue weighted by Gasteiger charge is -2.15. The molecule has 5 nitrogen and oxygen atoms in total. The average molecular weight is 292 g/mol. The predicted octanol–water partition coefficient (Wildman–Crippen LogP) is 1.47. The van der Waals surface area contributed by atoms with Crippen LogP contribution in [0.25, 0.3) is 0 Å². The molecule has 2 N–H and O–H groups in total. The number of rotatable bonds is 6. The van der Waals surface area contributed by atoms with E-state index < -0.39 is 0 Å². The zero-order valence-electron chi connectivity index (χ0n) is 13.7. The minimum Gasteiger partial charge on any atom is -0.353 e. The lowest BCUT2D eigenvalue weighted by molar-refractivity contribution is -0.121. The summed E-state index contributed by atoms with van der Waals surface area (Å²) in [6.45, 7) is 8.35. The Morgan fingerprint density at radius 3 is 2.86 bits per heavy atom. The number of carbonyl (C=O) groups excluding carboxylic acids is 1. The van der Waals surface area contributed by atoms with Crippen molar-refractivity contribution in [2.75, 3.05) is 13.1 Å². The van der Waals surface area contributed by atoms with E-state index in [4.69, 9.17) is 0 Å². The maximum atomic E-state index is 12.0. The van der Waals surface area contributed by atoms with Crippen LogP contribution in [0, 0.1) is 19.8 Å². The van der Waals surface area contributed by atoms with E-state index in [1.165, 1.54) is 17.7 Å². The molecule has 1 saturated heterocycles. The van der Waals surface area contributed by atoms with E-state index in [0.29, 0.717) is 12.3 Å². The van der Waals surface area contributed by atoms with Gasteiger partial charge in [0.1, 0.15) is 0 Å². The van der Waals surface area contributed by atoms with Crippen molar-refractivity contribution >= 4 is 5.91 Å². The molecule has 0 spiro atoms. The molecule has 1 amide bonds. The van der Waals surface area contributed by atoms with Gasteiger partial charge in [-0.2, -0.15) is 5.10 Å². The molecule has 5 heteroatoms. The van der Waals surface area contributed by atoms with Crippen molar-refractivity contribution in [1.82, 2.24) is 20.4 Å². The smallest absolute Gasteiger partial charge is 0.220 e. The Labute approximate surface area is 127 Å². The monoisotopic (exact) mass is 292 g/mol. The van der Waals surface area contributed by atoms with Crippen LogP contribution < -0.4 is 10.6 Å². The summed E-state index contributed by atoms with van der Waals surface area (Å²) in [6, 6.07) is 0.154. The highest BCUT2D eigenvalue weighted by Crippen LogP contribution is 2.16. The third-order valence-corrected chi connectivity index (χ3v) is 4.52. The minimum atomic E-state index is 0.154. The van der Waals surface area contributed by atoms with Crippen LogP contribution in [-0.2, 0) is 18.3 Å². The fraction of sp³-hybridized carbons (Fsp3) is 0.750. The zero-order valence-corrected chi connectivity index (χ0v) is 13.7. The Morgan fingerprint density at radius 1 is 1.52 bits per heavy atom. The summed E-state index contributed by atoms with van der Waals surface area (Å²) in [7, 11) is 1.96. The Bertz CT molecular complexity index is 489. The summed E-state index contributed by atoms with van der Waals surface area (Å²) in [5, 5.41) is 10.9. The summed E-state index contributed by atoms with van der Waals surface area (Å²) in [5.41, 5.74) is 3.50. The van der Waals surface area contributed by atoms with Gasteiger partial charge in [0.15, 0.2) is 0 Å². The molecule has 1 aromatic rings. The fourth-order valence-corrected chi connectivity index (χ4v) is 3.11. The van der Waals surface area contributed by atoms with Gasteiger partial charge in [0.25, 0.3) is 0 Å².